The monoisotopic (exact) mass is 521 g/mol. The summed E-state index contributed by atoms with van der Waals surface area (Å²) in [6.07, 6.45) is 1.40. The molecule has 5 rings (SSSR count). The summed E-state index contributed by atoms with van der Waals surface area (Å²) < 4.78 is 72.7. The van der Waals surface area contributed by atoms with Crippen LogP contribution in [0.15, 0.2) is 42.7 Å². The molecule has 1 amide bonds. The van der Waals surface area contributed by atoms with Crippen molar-refractivity contribution < 1.29 is 41.4 Å². The molecular weight excluding hydrogens is 501 g/mol. The molecule has 0 bridgehead atoms. The molecule has 2 N–H and O–H groups in total. The van der Waals surface area contributed by atoms with Gasteiger partial charge in [0, 0.05) is 29.0 Å². The van der Waals surface area contributed by atoms with Crippen molar-refractivity contribution in [2.24, 2.45) is 0 Å². The van der Waals surface area contributed by atoms with E-state index in [4.69, 9.17) is 0 Å². The topological polar surface area (TPSA) is 93.5 Å². The van der Waals surface area contributed by atoms with Crippen molar-refractivity contribution in [3.05, 3.63) is 65.5 Å². The van der Waals surface area contributed by atoms with E-state index in [1.165, 1.54) is 18.3 Å². The molecule has 194 valence electrons. The Morgan fingerprint density at radius 3 is 2.43 bits per heavy atom. The lowest BCUT2D eigenvalue weighted by molar-refractivity contribution is -0.274. The van der Waals surface area contributed by atoms with Gasteiger partial charge in [-0.05, 0) is 44.2 Å². The number of anilines is 1. The molecule has 0 unspecified atom stereocenters. The molecule has 1 aromatic heterocycles. The lowest BCUT2D eigenvalue weighted by Crippen LogP contribution is -2.29. The summed E-state index contributed by atoms with van der Waals surface area (Å²) in [7, 11) is 0. The maximum absolute atomic E-state index is 15.4. The molecule has 12 heteroatoms. The van der Waals surface area contributed by atoms with Crippen LogP contribution in [-0.2, 0) is 10.2 Å². The summed E-state index contributed by atoms with van der Waals surface area (Å²) in [5, 5.41) is 16.3. The molecule has 7 nitrogen and oxygen atoms in total. The molecule has 0 radical (unpaired) electrons. The van der Waals surface area contributed by atoms with Crippen molar-refractivity contribution >= 4 is 17.6 Å². The number of carbonyl (C=O) groups is 2. The van der Waals surface area contributed by atoms with Crippen LogP contribution in [-0.4, -0.2) is 33.1 Å². The maximum Gasteiger partial charge on any atom is 0.573 e. The SMILES string of the molecule is O=C(O)c1c(-c2cnn(C3CCC3)c2)ccc(NC(=O)C2(c3ccc(OC(F)(F)F)cc3F)CC2)c1F. The molecule has 3 aromatic rings. The minimum atomic E-state index is -5.01. The lowest BCUT2D eigenvalue weighted by atomic mass is 9.93. The molecule has 1 heterocycles. The number of amides is 1. The number of aromatic nitrogens is 2. The van der Waals surface area contributed by atoms with Crippen LogP contribution in [0, 0.1) is 11.6 Å². The summed E-state index contributed by atoms with van der Waals surface area (Å²) in [5.74, 6) is -5.40. The van der Waals surface area contributed by atoms with Crippen LogP contribution in [0.25, 0.3) is 11.1 Å². The molecule has 37 heavy (non-hydrogen) atoms. The van der Waals surface area contributed by atoms with Crippen LogP contribution in [0.5, 0.6) is 5.75 Å². The zero-order valence-electron chi connectivity index (χ0n) is 19.1. The summed E-state index contributed by atoms with van der Waals surface area (Å²) in [4.78, 5) is 25.0. The first-order chi connectivity index (χ1) is 17.5. The summed E-state index contributed by atoms with van der Waals surface area (Å²) >= 11 is 0. The smallest absolute Gasteiger partial charge is 0.478 e. The van der Waals surface area contributed by atoms with Gasteiger partial charge in [0.15, 0.2) is 5.82 Å². The predicted molar refractivity (Wildman–Crippen MR) is 120 cm³/mol. The highest BCUT2D eigenvalue weighted by atomic mass is 19.4. The van der Waals surface area contributed by atoms with Gasteiger partial charge >= 0.3 is 12.3 Å². The van der Waals surface area contributed by atoms with Crippen molar-refractivity contribution in [1.29, 1.82) is 0 Å². The van der Waals surface area contributed by atoms with E-state index in [1.807, 2.05) is 0 Å². The number of aromatic carboxylic acids is 1. The first-order valence-electron chi connectivity index (χ1n) is 11.5. The third kappa shape index (κ3) is 4.63. The number of nitrogens with zero attached hydrogens (tertiary/aromatic N) is 2. The summed E-state index contributed by atoms with van der Waals surface area (Å²) in [6, 6.07) is 5.22. The predicted octanol–water partition coefficient (Wildman–Crippen LogP) is 5.82. The van der Waals surface area contributed by atoms with Crippen LogP contribution in [0.3, 0.4) is 0 Å². The highest BCUT2D eigenvalue weighted by molar-refractivity contribution is 6.04. The fourth-order valence-electron chi connectivity index (χ4n) is 4.52. The van der Waals surface area contributed by atoms with Crippen LogP contribution in [0.2, 0.25) is 0 Å². The molecule has 2 aliphatic rings. The second-order valence-electron chi connectivity index (χ2n) is 9.17. The van der Waals surface area contributed by atoms with Gasteiger partial charge in [0.1, 0.15) is 17.1 Å². The minimum absolute atomic E-state index is 0.0843. The number of rotatable bonds is 7. The van der Waals surface area contributed by atoms with Crippen molar-refractivity contribution in [3.63, 3.8) is 0 Å². The molecule has 2 aromatic carbocycles. The summed E-state index contributed by atoms with van der Waals surface area (Å²) in [6.45, 7) is 0. The Hall–Kier alpha value is -3.96. The Labute approximate surface area is 206 Å². The van der Waals surface area contributed by atoms with Gasteiger partial charge in [-0.1, -0.05) is 12.1 Å². The van der Waals surface area contributed by atoms with Crippen molar-refractivity contribution in [1.82, 2.24) is 9.78 Å². The number of hydrogen-bond acceptors (Lipinski definition) is 4. The molecule has 0 atom stereocenters. The van der Waals surface area contributed by atoms with Crippen LogP contribution >= 0.6 is 0 Å². The second kappa shape index (κ2) is 8.86. The molecule has 2 fully saturated rings. The van der Waals surface area contributed by atoms with Gasteiger partial charge < -0.3 is 15.2 Å². The third-order valence-electron chi connectivity index (χ3n) is 6.84. The quantitative estimate of drug-likeness (QED) is 0.382. The van der Waals surface area contributed by atoms with Crippen molar-refractivity contribution in [2.45, 2.75) is 49.9 Å². The van der Waals surface area contributed by atoms with E-state index in [-0.39, 0.29) is 30.0 Å². The number of alkyl halides is 3. The van der Waals surface area contributed by atoms with E-state index < -0.39 is 52.3 Å². The fourth-order valence-corrected chi connectivity index (χ4v) is 4.52. The van der Waals surface area contributed by atoms with E-state index in [1.54, 1.807) is 10.9 Å². The van der Waals surface area contributed by atoms with Crippen molar-refractivity contribution in [2.75, 3.05) is 5.32 Å². The molecule has 0 spiro atoms. The van der Waals surface area contributed by atoms with Gasteiger partial charge in [0.25, 0.3) is 0 Å². The van der Waals surface area contributed by atoms with E-state index in [2.05, 4.69) is 15.2 Å². The molecule has 0 aliphatic heterocycles. The molecule has 0 saturated heterocycles. The Morgan fingerprint density at radius 2 is 1.86 bits per heavy atom. The number of carboxylic acids is 1. The van der Waals surface area contributed by atoms with Crippen LogP contribution in [0.1, 0.15) is 54.1 Å². The van der Waals surface area contributed by atoms with Gasteiger partial charge in [-0.2, -0.15) is 5.10 Å². The second-order valence-corrected chi connectivity index (χ2v) is 9.17. The average molecular weight is 521 g/mol. The largest absolute Gasteiger partial charge is 0.573 e. The molecule has 2 aliphatic carbocycles. The molecule has 2 saturated carbocycles. The Balaban J connectivity index is 1.41. The van der Waals surface area contributed by atoms with Crippen LogP contribution in [0.4, 0.5) is 27.6 Å². The number of carboxylic acid groups (broad SMARTS) is 1. The van der Waals surface area contributed by atoms with E-state index in [0.29, 0.717) is 11.6 Å². The molecular formula is C25H20F5N3O4. The minimum Gasteiger partial charge on any atom is -0.478 e. The highest BCUT2D eigenvalue weighted by Crippen LogP contribution is 2.50. The van der Waals surface area contributed by atoms with Crippen molar-refractivity contribution in [3.8, 4) is 16.9 Å². The van der Waals surface area contributed by atoms with E-state index >= 15 is 4.39 Å². The van der Waals surface area contributed by atoms with E-state index in [0.717, 1.165) is 31.4 Å². The normalized spacial score (nSPS) is 16.7. The maximum atomic E-state index is 15.4. The number of nitrogens with one attached hydrogen (secondary N) is 1. The number of halogens is 5. The zero-order chi connectivity index (χ0) is 26.5. The lowest BCUT2D eigenvalue weighted by Gasteiger charge is -2.25. The Bertz CT molecular complexity index is 1390. The number of hydrogen-bond donors (Lipinski definition) is 2. The first kappa shape index (κ1) is 24.7. The number of carbonyl (C=O) groups excluding carboxylic acids is 1. The summed E-state index contributed by atoms with van der Waals surface area (Å²) in [5.41, 5.74) is -2.18. The Morgan fingerprint density at radius 1 is 1.14 bits per heavy atom. The van der Waals surface area contributed by atoms with Gasteiger partial charge in [-0.3, -0.25) is 9.48 Å². The first-order valence-corrected chi connectivity index (χ1v) is 11.5. The van der Waals surface area contributed by atoms with Gasteiger partial charge in [-0.25, -0.2) is 13.6 Å². The van der Waals surface area contributed by atoms with Gasteiger partial charge in [-0.15, -0.1) is 13.2 Å². The number of ether oxygens (including phenoxy) is 1. The highest BCUT2D eigenvalue weighted by Gasteiger charge is 2.53. The van der Waals surface area contributed by atoms with E-state index in [9.17, 15) is 32.3 Å². The fraction of sp³-hybridized carbons (Fsp3) is 0.320. The number of benzene rings is 2. The van der Waals surface area contributed by atoms with Crippen LogP contribution < -0.4 is 10.1 Å². The van der Waals surface area contributed by atoms with Gasteiger partial charge in [0.05, 0.1) is 23.3 Å². The average Bonchev–Trinajstić information content (AvgIpc) is 3.44. The Kier molecular flexibility index (Phi) is 5.92. The third-order valence-corrected chi connectivity index (χ3v) is 6.84. The zero-order valence-corrected chi connectivity index (χ0v) is 19.1. The van der Waals surface area contributed by atoms with Gasteiger partial charge in [0.2, 0.25) is 5.91 Å². The standard InChI is InChI=1S/C25H20F5N3O4/c26-18-10-15(37-25(28,29)30)4-6-17(18)24(8-9-24)23(36)32-19-7-5-16(20(21(19)27)22(34)35)13-11-31-33(12-13)14-2-1-3-14/h4-7,10-12,14H,1-3,8-9H2,(H,32,36)(H,34,35).